The molecule has 1 aromatic carbocycles. The van der Waals surface area contributed by atoms with Crippen LogP contribution >= 0.6 is 23.2 Å². The van der Waals surface area contributed by atoms with Crippen molar-refractivity contribution in [1.29, 1.82) is 0 Å². The molecule has 0 unspecified atom stereocenters. The van der Waals surface area contributed by atoms with Crippen molar-refractivity contribution < 1.29 is 28.5 Å². The van der Waals surface area contributed by atoms with Gasteiger partial charge in [-0.2, -0.15) is 0 Å². The van der Waals surface area contributed by atoms with E-state index in [1.165, 1.54) is 19.2 Å². The summed E-state index contributed by atoms with van der Waals surface area (Å²) in [6.45, 7) is 3.53. The van der Waals surface area contributed by atoms with Crippen molar-refractivity contribution in [3.05, 3.63) is 33.8 Å². The van der Waals surface area contributed by atoms with Crippen LogP contribution in [-0.4, -0.2) is 56.4 Å². The largest absolute Gasteiger partial charge is 0.552 e. The van der Waals surface area contributed by atoms with Gasteiger partial charge in [-0.3, -0.25) is 19.2 Å². The number of nitrogens with one attached hydrogen (secondary N) is 3. The van der Waals surface area contributed by atoms with E-state index in [-0.39, 0.29) is 35.4 Å². The van der Waals surface area contributed by atoms with Crippen molar-refractivity contribution in [2.24, 2.45) is 5.92 Å². The summed E-state index contributed by atoms with van der Waals surface area (Å²) in [6.07, 6.45) is -0.768. The molecule has 1 aliphatic heterocycles. The molecule has 2 atom stereocenters. The zero-order chi connectivity index (χ0) is 23.1. The van der Waals surface area contributed by atoms with Crippen molar-refractivity contribution in [2.45, 2.75) is 38.7 Å². The molecule has 3 N–H and O–H groups in total. The highest BCUT2D eigenvalue weighted by molar-refractivity contribution is 6.51. The highest BCUT2D eigenvalue weighted by Crippen LogP contribution is 2.21. The van der Waals surface area contributed by atoms with Gasteiger partial charge in [-0.15, -0.1) is 0 Å². The average Bonchev–Trinajstić information content (AvgIpc) is 3.07. The smallest absolute Gasteiger partial charge is 0.506 e. The molecular weight excluding hydrogens is 448 g/mol. The van der Waals surface area contributed by atoms with Crippen LogP contribution in [0.1, 0.15) is 37.0 Å². The van der Waals surface area contributed by atoms with Crippen molar-refractivity contribution in [1.82, 2.24) is 16.0 Å². The summed E-state index contributed by atoms with van der Waals surface area (Å²) in [7, 11) is 0.416. The van der Waals surface area contributed by atoms with Gasteiger partial charge in [-0.05, 0) is 30.5 Å². The molecule has 1 fully saturated rings. The summed E-state index contributed by atoms with van der Waals surface area (Å²) >= 11 is 11.9. The quantitative estimate of drug-likeness (QED) is 0.467. The van der Waals surface area contributed by atoms with E-state index in [9.17, 15) is 19.2 Å². The molecule has 0 bridgehead atoms. The van der Waals surface area contributed by atoms with Gasteiger partial charge in [-0.25, -0.2) is 0 Å². The maximum absolute atomic E-state index is 12.4. The zero-order valence-corrected chi connectivity index (χ0v) is 18.9. The van der Waals surface area contributed by atoms with Gasteiger partial charge in [0.1, 0.15) is 6.10 Å². The lowest BCUT2D eigenvalue weighted by molar-refractivity contribution is -0.138. The molecule has 1 saturated heterocycles. The Morgan fingerprint density at radius 3 is 2.55 bits per heavy atom. The summed E-state index contributed by atoms with van der Waals surface area (Å²) in [6, 6.07) is 4.43. The predicted molar refractivity (Wildman–Crippen MR) is 116 cm³/mol. The fourth-order valence-corrected chi connectivity index (χ4v) is 3.32. The first-order valence-electron chi connectivity index (χ1n) is 9.69. The lowest BCUT2D eigenvalue weighted by Gasteiger charge is -2.21. The summed E-state index contributed by atoms with van der Waals surface area (Å²) in [4.78, 5) is 48.3. The van der Waals surface area contributed by atoms with Gasteiger partial charge in [0.25, 0.3) is 5.91 Å². The summed E-state index contributed by atoms with van der Waals surface area (Å²) in [5.74, 6) is -2.61. The van der Waals surface area contributed by atoms with Crippen LogP contribution in [0.25, 0.3) is 0 Å². The molecule has 0 radical (unpaired) electrons. The third-order valence-corrected chi connectivity index (χ3v) is 4.99. The van der Waals surface area contributed by atoms with E-state index >= 15 is 0 Å². The van der Waals surface area contributed by atoms with Gasteiger partial charge in [0.2, 0.25) is 11.8 Å². The monoisotopic (exact) mass is 471 g/mol. The second-order valence-electron chi connectivity index (χ2n) is 7.42. The van der Waals surface area contributed by atoms with Crippen LogP contribution < -0.4 is 16.0 Å². The topological polar surface area (TPSA) is 123 Å². The van der Waals surface area contributed by atoms with Crippen LogP contribution in [0.15, 0.2) is 18.2 Å². The van der Waals surface area contributed by atoms with E-state index in [1.54, 1.807) is 6.07 Å². The number of halogens is 2. The molecule has 0 aromatic heterocycles. The molecule has 12 heteroatoms. The summed E-state index contributed by atoms with van der Waals surface area (Å²) in [5, 5.41) is 8.14. The highest BCUT2D eigenvalue weighted by Gasteiger charge is 2.46. The minimum atomic E-state index is -1.04. The maximum Gasteiger partial charge on any atom is 0.552 e. The average molecular weight is 472 g/mol. The number of carbonyl (C=O) groups excluding carboxylic acids is 4. The molecule has 1 heterocycles. The van der Waals surface area contributed by atoms with Gasteiger partial charge < -0.3 is 25.3 Å². The van der Waals surface area contributed by atoms with Gasteiger partial charge >= 0.3 is 13.1 Å². The van der Waals surface area contributed by atoms with E-state index in [1.807, 2.05) is 13.8 Å². The Labute approximate surface area is 190 Å². The molecule has 1 aromatic rings. The third-order valence-electron chi connectivity index (χ3n) is 4.43. The van der Waals surface area contributed by atoms with Crippen molar-refractivity contribution >= 4 is 54.0 Å². The van der Waals surface area contributed by atoms with Gasteiger partial charge in [0, 0.05) is 12.1 Å². The number of hydrogen-bond acceptors (Lipinski definition) is 6. The molecule has 3 amide bonds. The van der Waals surface area contributed by atoms with Crippen molar-refractivity contribution in [2.75, 3.05) is 13.6 Å². The SMILES string of the molecule is CNC(=O)C[C@H]1OB([C@H](CC(C)C)NC(=O)CNC(=O)c2cc(Cl)ccc2Cl)OC1=O. The van der Waals surface area contributed by atoms with Crippen LogP contribution in [0, 0.1) is 5.92 Å². The summed E-state index contributed by atoms with van der Waals surface area (Å²) < 4.78 is 10.8. The Morgan fingerprint density at radius 2 is 1.90 bits per heavy atom. The Hall–Kier alpha value is -2.30. The van der Waals surface area contributed by atoms with E-state index in [0.29, 0.717) is 11.4 Å². The minimum absolute atomic E-state index is 0.144. The first-order chi connectivity index (χ1) is 14.6. The van der Waals surface area contributed by atoms with Gasteiger partial charge in [0.05, 0.1) is 29.5 Å². The number of benzene rings is 1. The second kappa shape index (κ2) is 11.4. The Kier molecular flexibility index (Phi) is 9.15. The fourth-order valence-electron chi connectivity index (χ4n) is 2.95. The van der Waals surface area contributed by atoms with Crippen molar-refractivity contribution in [3.8, 4) is 0 Å². The Morgan fingerprint density at radius 1 is 1.19 bits per heavy atom. The van der Waals surface area contributed by atoms with Crippen LogP contribution in [0.2, 0.25) is 10.0 Å². The first kappa shape index (κ1) is 25.0. The van der Waals surface area contributed by atoms with Crippen LogP contribution in [0.4, 0.5) is 0 Å². The zero-order valence-electron chi connectivity index (χ0n) is 17.4. The van der Waals surface area contributed by atoms with Gasteiger partial charge in [-0.1, -0.05) is 37.0 Å². The van der Waals surface area contributed by atoms with E-state index < -0.39 is 36.9 Å². The highest BCUT2D eigenvalue weighted by atomic mass is 35.5. The van der Waals surface area contributed by atoms with Gasteiger partial charge in [0.15, 0.2) is 0 Å². The van der Waals surface area contributed by atoms with E-state index in [4.69, 9.17) is 32.5 Å². The Bertz CT molecular complexity index is 854. The maximum atomic E-state index is 12.4. The van der Waals surface area contributed by atoms with E-state index in [0.717, 1.165) is 0 Å². The van der Waals surface area contributed by atoms with E-state index in [2.05, 4.69) is 16.0 Å². The number of amides is 3. The fraction of sp³-hybridized carbons (Fsp3) is 0.474. The molecule has 0 saturated carbocycles. The molecular formula is C19H24BCl2N3O6. The van der Waals surface area contributed by atoms with Crippen LogP contribution in [0.3, 0.4) is 0 Å². The predicted octanol–water partition coefficient (Wildman–Crippen LogP) is 1.36. The second-order valence-corrected chi connectivity index (χ2v) is 8.26. The molecule has 1 aliphatic rings. The Balaban J connectivity index is 1.96. The molecule has 168 valence electrons. The number of rotatable bonds is 9. The minimum Gasteiger partial charge on any atom is -0.506 e. The third kappa shape index (κ3) is 7.41. The number of carbonyl (C=O) groups is 4. The normalized spacial score (nSPS) is 16.6. The number of hydrogen-bond donors (Lipinski definition) is 3. The molecule has 0 spiro atoms. The lowest BCUT2D eigenvalue weighted by atomic mass is 9.74. The molecule has 31 heavy (non-hydrogen) atoms. The lowest BCUT2D eigenvalue weighted by Crippen LogP contribution is -2.50. The molecule has 2 rings (SSSR count). The first-order valence-corrected chi connectivity index (χ1v) is 10.5. The van der Waals surface area contributed by atoms with Crippen molar-refractivity contribution in [3.63, 3.8) is 0 Å². The molecule has 0 aliphatic carbocycles. The molecule has 9 nitrogen and oxygen atoms in total. The van der Waals surface area contributed by atoms with Crippen LogP contribution in [0.5, 0.6) is 0 Å². The van der Waals surface area contributed by atoms with Crippen LogP contribution in [-0.2, 0) is 23.7 Å². The standard InChI is InChI=1S/C19H24BCl2N3O6/c1-10(2)6-15(20-30-14(19(29)31-20)8-16(26)23-3)25-17(27)9-24-18(28)12-7-11(21)4-5-13(12)22/h4-5,7,10,14-15H,6,8-9H2,1-3H3,(H,23,26)(H,24,28)(H,25,27)/t14-,15+/m1/s1. The summed E-state index contributed by atoms with van der Waals surface area (Å²) in [5.41, 5.74) is 0.144.